The van der Waals surface area contributed by atoms with Gasteiger partial charge in [-0.3, -0.25) is 0 Å². The van der Waals surface area contributed by atoms with Crippen molar-refractivity contribution in [3.63, 3.8) is 0 Å². The molecule has 0 N–H and O–H groups in total. The maximum atomic E-state index is 2.32. The second kappa shape index (κ2) is 22.6. The first-order chi connectivity index (χ1) is 10.8. The van der Waals surface area contributed by atoms with Crippen molar-refractivity contribution in [1.82, 2.24) is 0 Å². The molecule has 0 fully saturated rings. The Morgan fingerprint density at radius 2 is 0.652 bits per heavy atom. The highest BCUT2D eigenvalue weighted by Crippen LogP contribution is 2.13. The predicted molar refractivity (Wildman–Crippen MR) is 108 cm³/mol. The van der Waals surface area contributed by atoms with Crippen LogP contribution in [0.15, 0.2) is 0 Å². The van der Waals surface area contributed by atoms with Gasteiger partial charge in [0.2, 0.25) is 0 Å². The van der Waals surface area contributed by atoms with Gasteiger partial charge in [-0.1, -0.05) is 78.6 Å². The number of unbranched alkanes of at least 4 members (excludes halogenated alkanes) is 12. The first-order valence-electron chi connectivity index (χ1n) is 10.5. The van der Waals surface area contributed by atoms with E-state index in [1.165, 1.54) is 96.3 Å². The van der Waals surface area contributed by atoms with E-state index in [4.69, 9.17) is 0 Å². The highest BCUT2D eigenvalue weighted by Gasteiger charge is 2.16. The third-order valence-corrected chi connectivity index (χ3v) is 7.21. The summed E-state index contributed by atoms with van der Waals surface area (Å²) in [4.78, 5) is 0. The molecule has 2 heteroatoms. The van der Waals surface area contributed by atoms with Crippen molar-refractivity contribution < 1.29 is 12.4 Å². The van der Waals surface area contributed by atoms with E-state index < -0.39 is 0 Å². The lowest BCUT2D eigenvalue weighted by Crippen LogP contribution is -3.00. The Labute approximate surface area is 157 Å². The van der Waals surface area contributed by atoms with Crippen molar-refractivity contribution in [2.45, 2.75) is 117 Å². The van der Waals surface area contributed by atoms with E-state index in [1.54, 1.807) is 17.3 Å². The monoisotopic (exact) mass is 364 g/mol. The minimum atomic E-state index is 0. The zero-order valence-corrected chi connectivity index (χ0v) is 18.1. The molecule has 0 unspecified atom stereocenters. The normalized spacial score (nSPS) is 11.0. The predicted octanol–water partition coefficient (Wildman–Crippen LogP) is 4.52. The fourth-order valence-electron chi connectivity index (χ4n) is 3.04. The van der Waals surface area contributed by atoms with Crippen LogP contribution in [0.1, 0.15) is 117 Å². The first kappa shape index (κ1) is 25.9. The van der Waals surface area contributed by atoms with Crippen LogP contribution >= 0.6 is 0 Å². The Bertz CT molecular complexity index is 163. The van der Waals surface area contributed by atoms with Gasteiger partial charge in [-0.2, -0.15) is 0 Å². The maximum absolute atomic E-state index is 2.32. The van der Waals surface area contributed by atoms with Gasteiger partial charge in [0, 0.05) is 0 Å². The smallest absolute Gasteiger partial charge is 0.108 e. The van der Waals surface area contributed by atoms with Gasteiger partial charge in [0.1, 0.15) is 17.3 Å². The minimum Gasteiger partial charge on any atom is -1.00 e. The lowest BCUT2D eigenvalue weighted by Gasteiger charge is -2.09. The summed E-state index contributed by atoms with van der Waals surface area (Å²) < 4.78 is 0. The second-order valence-corrected chi connectivity index (χ2v) is 9.42. The Morgan fingerprint density at radius 3 is 0.913 bits per heavy atom. The third-order valence-electron chi connectivity index (χ3n) is 4.61. The Kier molecular flexibility index (Phi) is 25.5. The van der Waals surface area contributed by atoms with Gasteiger partial charge in [-0.15, -0.1) is 0 Å². The van der Waals surface area contributed by atoms with Crippen LogP contribution in [0.5, 0.6) is 0 Å². The second-order valence-electron chi connectivity index (χ2n) is 6.97. The average Bonchev–Trinajstić information content (AvgIpc) is 2.53. The highest BCUT2D eigenvalue weighted by atomic mass is 35.5. The quantitative estimate of drug-likeness (QED) is 0.248. The fraction of sp³-hybridized carbons (Fsp3) is 1.00. The van der Waals surface area contributed by atoms with Gasteiger partial charge >= 0.3 is 0 Å². The van der Waals surface area contributed by atoms with Gasteiger partial charge in [-0.05, 0) is 49.4 Å². The summed E-state index contributed by atoms with van der Waals surface area (Å²) in [7, 11) is 0.759. The molecule has 0 spiro atoms. The van der Waals surface area contributed by atoms with Crippen LogP contribution in [0.2, 0.25) is 0 Å². The van der Waals surface area contributed by atoms with Crippen LogP contribution in [0.25, 0.3) is 0 Å². The SMILES string of the molecule is CCCCCCC[S+](CCCCCCC)CCCCCCC.[Cl-]. The summed E-state index contributed by atoms with van der Waals surface area (Å²) in [5.74, 6) is 4.64. The standard InChI is InChI=1S/C21H45S.ClH/c1-4-7-10-13-16-19-22(20-17-14-11-8-5-2)21-18-15-12-9-6-3;/h4-21H2,1-3H3;1H/q+1;/p-1. The average molecular weight is 365 g/mol. The van der Waals surface area contributed by atoms with Crippen molar-refractivity contribution in [1.29, 1.82) is 0 Å². The van der Waals surface area contributed by atoms with Crippen LogP contribution in [0.3, 0.4) is 0 Å². The summed E-state index contributed by atoms with van der Waals surface area (Å²) in [6.45, 7) is 6.95. The molecule has 0 aliphatic carbocycles. The number of rotatable bonds is 18. The maximum Gasteiger partial charge on any atom is 0.108 e. The molecule has 0 amide bonds. The van der Waals surface area contributed by atoms with Crippen LogP contribution in [0.4, 0.5) is 0 Å². The molecule has 0 aliphatic rings. The number of hydrogen-bond acceptors (Lipinski definition) is 0. The lowest BCUT2D eigenvalue weighted by atomic mass is 10.2. The molecule has 0 heterocycles. The Morgan fingerprint density at radius 1 is 0.391 bits per heavy atom. The van der Waals surface area contributed by atoms with Crippen molar-refractivity contribution >= 4 is 10.9 Å². The molecule has 0 aliphatic heterocycles. The summed E-state index contributed by atoms with van der Waals surface area (Å²) in [6, 6.07) is 0. The lowest BCUT2D eigenvalue weighted by molar-refractivity contribution is -0.00000501. The minimum absolute atomic E-state index is 0. The molecule has 0 rings (SSSR count). The number of hydrogen-bond donors (Lipinski definition) is 0. The van der Waals surface area contributed by atoms with E-state index in [9.17, 15) is 0 Å². The van der Waals surface area contributed by atoms with Gasteiger partial charge in [0.25, 0.3) is 0 Å². The molecule has 23 heavy (non-hydrogen) atoms. The summed E-state index contributed by atoms with van der Waals surface area (Å²) in [6.07, 6.45) is 21.9. The molecule has 0 aromatic rings. The van der Waals surface area contributed by atoms with E-state index in [-0.39, 0.29) is 12.4 Å². The first-order valence-corrected chi connectivity index (χ1v) is 12.2. The summed E-state index contributed by atoms with van der Waals surface area (Å²) in [5.41, 5.74) is 0. The van der Waals surface area contributed by atoms with E-state index >= 15 is 0 Å². The molecule has 0 bridgehead atoms. The van der Waals surface area contributed by atoms with Crippen molar-refractivity contribution in [3.05, 3.63) is 0 Å². The molecule has 142 valence electrons. The molecular weight excluding hydrogens is 320 g/mol. The molecule has 0 aromatic carbocycles. The van der Waals surface area contributed by atoms with Gasteiger partial charge in [0.15, 0.2) is 0 Å². The van der Waals surface area contributed by atoms with E-state index in [2.05, 4.69) is 20.8 Å². The molecular formula is C21H45ClS. The molecule has 0 saturated heterocycles. The van der Waals surface area contributed by atoms with E-state index in [1.807, 2.05) is 0 Å². The van der Waals surface area contributed by atoms with E-state index in [0.717, 1.165) is 10.9 Å². The van der Waals surface area contributed by atoms with E-state index in [0.29, 0.717) is 0 Å². The van der Waals surface area contributed by atoms with Crippen molar-refractivity contribution in [2.75, 3.05) is 17.3 Å². The van der Waals surface area contributed by atoms with Gasteiger partial charge in [-0.25, -0.2) is 0 Å². The topological polar surface area (TPSA) is 0 Å². The van der Waals surface area contributed by atoms with Crippen LogP contribution in [-0.4, -0.2) is 17.3 Å². The third kappa shape index (κ3) is 20.6. The summed E-state index contributed by atoms with van der Waals surface area (Å²) >= 11 is 0. The van der Waals surface area contributed by atoms with Gasteiger partial charge in [0.05, 0.1) is 0 Å². The number of halogens is 1. The van der Waals surface area contributed by atoms with Gasteiger partial charge < -0.3 is 12.4 Å². The van der Waals surface area contributed by atoms with Crippen LogP contribution in [-0.2, 0) is 10.9 Å². The molecule has 0 nitrogen and oxygen atoms in total. The largest absolute Gasteiger partial charge is 1.00 e. The van der Waals surface area contributed by atoms with Crippen molar-refractivity contribution in [2.24, 2.45) is 0 Å². The fourth-order valence-corrected chi connectivity index (χ4v) is 5.48. The molecule has 0 radical (unpaired) electrons. The Hall–Kier alpha value is 0.640. The zero-order chi connectivity index (χ0) is 16.3. The highest BCUT2D eigenvalue weighted by molar-refractivity contribution is 7.96. The Balaban J connectivity index is 0. The van der Waals surface area contributed by atoms with Crippen molar-refractivity contribution in [3.8, 4) is 0 Å². The van der Waals surface area contributed by atoms with Crippen LogP contribution < -0.4 is 12.4 Å². The van der Waals surface area contributed by atoms with Crippen LogP contribution in [0, 0.1) is 0 Å². The summed E-state index contributed by atoms with van der Waals surface area (Å²) in [5, 5.41) is 0. The molecule has 0 aromatic heterocycles. The zero-order valence-electron chi connectivity index (χ0n) is 16.5. The molecule has 0 atom stereocenters. The molecule has 0 saturated carbocycles.